The molecule has 1 N–H and O–H groups in total. The van der Waals surface area contributed by atoms with Crippen molar-refractivity contribution in [1.82, 2.24) is 4.31 Å². The van der Waals surface area contributed by atoms with Gasteiger partial charge in [0, 0.05) is 12.6 Å². The highest BCUT2D eigenvalue weighted by Gasteiger charge is 2.29. The third-order valence-electron chi connectivity index (χ3n) is 3.40. The van der Waals surface area contributed by atoms with Crippen LogP contribution in [0, 0.1) is 6.92 Å². The Labute approximate surface area is 137 Å². The van der Waals surface area contributed by atoms with Gasteiger partial charge in [-0.25, -0.2) is 8.42 Å². The summed E-state index contributed by atoms with van der Waals surface area (Å²) in [6.45, 7) is 3.61. The first-order valence-corrected chi connectivity index (χ1v) is 9.32. The number of phenols is 1. The fourth-order valence-corrected chi connectivity index (χ4v) is 5.70. The van der Waals surface area contributed by atoms with Crippen LogP contribution in [0.3, 0.4) is 0 Å². The molecule has 7 heteroatoms. The van der Waals surface area contributed by atoms with E-state index in [2.05, 4.69) is 15.9 Å². The number of benzene rings is 1. The molecule has 1 unspecified atom stereocenters. The van der Waals surface area contributed by atoms with E-state index < -0.39 is 16.1 Å². The van der Waals surface area contributed by atoms with Crippen molar-refractivity contribution in [2.24, 2.45) is 0 Å². The van der Waals surface area contributed by atoms with Crippen molar-refractivity contribution in [2.75, 3.05) is 7.05 Å². The maximum atomic E-state index is 12.7. The molecule has 0 saturated carbocycles. The highest BCUT2D eigenvalue weighted by molar-refractivity contribution is 9.11. The summed E-state index contributed by atoms with van der Waals surface area (Å²) in [5.41, 5.74) is 1.47. The lowest BCUT2D eigenvalue weighted by molar-refractivity contribution is 0.382. The van der Waals surface area contributed by atoms with Crippen LogP contribution < -0.4 is 0 Å². The Morgan fingerprint density at radius 3 is 2.48 bits per heavy atom. The molecule has 0 aliphatic rings. The molecule has 4 nitrogen and oxygen atoms in total. The first-order chi connectivity index (χ1) is 9.75. The molecule has 0 fully saturated rings. The second-order valence-electron chi connectivity index (χ2n) is 4.78. The fraction of sp³-hybridized carbons (Fsp3) is 0.286. The van der Waals surface area contributed by atoms with E-state index in [1.165, 1.54) is 22.7 Å². The second-order valence-corrected chi connectivity index (χ2v) is 9.37. The van der Waals surface area contributed by atoms with Crippen molar-refractivity contribution in [2.45, 2.75) is 24.1 Å². The summed E-state index contributed by atoms with van der Waals surface area (Å²) in [6.07, 6.45) is 0. The van der Waals surface area contributed by atoms with Gasteiger partial charge in [0.1, 0.15) is 9.96 Å². The van der Waals surface area contributed by atoms with Gasteiger partial charge in [-0.2, -0.15) is 4.31 Å². The molecular weight excluding hydrogens is 374 g/mol. The molecule has 1 aromatic heterocycles. The van der Waals surface area contributed by atoms with E-state index in [4.69, 9.17) is 0 Å². The van der Waals surface area contributed by atoms with Crippen LogP contribution in [-0.2, 0) is 10.0 Å². The Bertz CT molecular complexity index is 736. The van der Waals surface area contributed by atoms with Gasteiger partial charge in [0.15, 0.2) is 0 Å². The minimum absolute atomic E-state index is 0.0931. The van der Waals surface area contributed by atoms with Crippen LogP contribution in [0.4, 0.5) is 0 Å². The van der Waals surface area contributed by atoms with Crippen LogP contribution in [0.1, 0.15) is 24.1 Å². The van der Waals surface area contributed by atoms with E-state index in [1.54, 1.807) is 37.3 Å². The van der Waals surface area contributed by atoms with Crippen molar-refractivity contribution in [3.63, 3.8) is 0 Å². The Kier molecular flexibility index (Phi) is 4.77. The molecule has 1 aromatic carbocycles. The first-order valence-electron chi connectivity index (χ1n) is 6.27. The Hall–Kier alpha value is -0.890. The number of aryl methyl sites for hydroxylation is 1. The molecule has 0 aliphatic heterocycles. The van der Waals surface area contributed by atoms with Crippen molar-refractivity contribution in [3.8, 4) is 5.75 Å². The largest absolute Gasteiger partial charge is 0.508 e. The monoisotopic (exact) mass is 389 g/mol. The zero-order chi connectivity index (χ0) is 15.8. The number of halogens is 1. The highest BCUT2D eigenvalue weighted by atomic mass is 79.9. The topological polar surface area (TPSA) is 57.6 Å². The fourth-order valence-electron chi connectivity index (χ4n) is 1.95. The van der Waals surface area contributed by atoms with Crippen molar-refractivity contribution in [1.29, 1.82) is 0 Å². The van der Waals surface area contributed by atoms with Gasteiger partial charge in [0.25, 0.3) is 10.0 Å². The molecule has 0 bridgehead atoms. The summed E-state index contributed by atoms with van der Waals surface area (Å²) < 4.78 is 27.7. The number of rotatable bonds is 4. The molecule has 1 atom stereocenters. The molecule has 114 valence electrons. The number of thiophene rings is 1. The number of hydrogen-bond donors (Lipinski definition) is 1. The van der Waals surface area contributed by atoms with Crippen LogP contribution in [0.25, 0.3) is 0 Å². The van der Waals surface area contributed by atoms with E-state index >= 15 is 0 Å². The quantitative estimate of drug-likeness (QED) is 0.861. The molecule has 0 amide bonds. The molecular formula is C14H16BrNO3S2. The van der Waals surface area contributed by atoms with Crippen LogP contribution in [0.15, 0.2) is 38.3 Å². The zero-order valence-electron chi connectivity index (χ0n) is 11.9. The van der Waals surface area contributed by atoms with Crippen molar-refractivity contribution in [3.05, 3.63) is 45.2 Å². The van der Waals surface area contributed by atoms with E-state index in [0.29, 0.717) is 5.56 Å². The number of phenolic OH excluding ortho intramolecular Hbond substituents is 1. The smallest absolute Gasteiger partial charge is 0.252 e. The van der Waals surface area contributed by atoms with Gasteiger partial charge in [-0.1, -0.05) is 18.2 Å². The Morgan fingerprint density at radius 2 is 1.95 bits per heavy atom. The minimum Gasteiger partial charge on any atom is -0.508 e. The molecule has 1 heterocycles. The zero-order valence-corrected chi connectivity index (χ0v) is 15.1. The average Bonchev–Trinajstić information content (AvgIpc) is 2.78. The summed E-state index contributed by atoms with van der Waals surface area (Å²) in [5.74, 6) is 0.0931. The van der Waals surface area contributed by atoms with Crippen molar-refractivity contribution >= 4 is 37.3 Å². The van der Waals surface area contributed by atoms with Gasteiger partial charge >= 0.3 is 0 Å². The molecule has 2 rings (SSSR count). The SMILES string of the molecule is Cc1cc(S(=O)(=O)N(C)C(C)c2ccccc2O)sc1Br. The normalized spacial score (nSPS) is 13.6. The summed E-state index contributed by atoms with van der Waals surface area (Å²) in [5, 5.41) is 9.89. The van der Waals surface area contributed by atoms with Gasteiger partial charge in [-0.15, -0.1) is 11.3 Å². The predicted molar refractivity (Wildman–Crippen MR) is 88.2 cm³/mol. The maximum Gasteiger partial charge on any atom is 0.252 e. The number of para-hydroxylation sites is 1. The van der Waals surface area contributed by atoms with Gasteiger partial charge < -0.3 is 5.11 Å². The third-order valence-corrected chi connectivity index (χ3v) is 7.91. The molecule has 0 spiro atoms. The van der Waals surface area contributed by atoms with Crippen molar-refractivity contribution < 1.29 is 13.5 Å². The predicted octanol–water partition coefficient (Wildman–Crippen LogP) is 3.91. The lowest BCUT2D eigenvalue weighted by Crippen LogP contribution is -2.29. The van der Waals surface area contributed by atoms with E-state index in [-0.39, 0.29) is 9.96 Å². The minimum atomic E-state index is -3.59. The molecule has 2 aromatic rings. The molecule has 21 heavy (non-hydrogen) atoms. The number of sulfonamides is 1. The summed E-state index contributed by atoms with van der Waals surface area (Å²) in [4.78, 5) is 0. The summed E-state index contributed by atoms with van der Waals surface area (Å²) in [7, 11) is -2.07. The molecule has 0 aliphatic carbocycles. The van der Waals surface area contributed by atoms with E-state index in [1.807, 2.05) is 6.92 Å². The summed E-state index contributed by atoms with van der Waals surface area (Å²) >= 11 is 4.54. The lowest BCUT2D eigenvalue weighted by Gasteiger charge is -2.24. The second kappa shape index (κ2) is 6.08. The van der Waals surface area contributed by atoms with E-state index in [0.717, 1.165) is 9.35 Å². The Balaban J connectivity index is 2.38. The molecule has 0 radical (unpaired) electrons. The van der Waals surface area contributed by atoms with Crippen LogP contribution >= 0.6 is 27.3 Å². The van der Waals surface area contributed by atoms with E-state index in [9.17, 15) is 13.5 Å². The third kappa shape index (κ3) is 3.15. The average molecular weight is 390 g/mol. The van der Waals surface area contributed by atoms with Gasteiger partial charge in [0.2, 0.25) is 0 Å². The number of aromatic hydroxyl groups is 1. The lowest BCUT2D eigenvalue weighted by atomic mass is 10.1. The standard InChI is InChI=1S/C14H16BrNO3S2/c1-9-8-13(20-14(9)15)21(18,19)16(3)10(2)11-6-4-5-7-12(11)17/h4-8,10,17H,1-3H3. The highest BCUT2D eigenvalue weighted by Crippen LogP contribution is 2.36. The number of nitrogens with zero attached hydrogens (tertiary/aromatic N) is 1. The van der Waals surface area contributed by atoms with Gasteiger partial charge in [-0.05, 0) is 47.5 Å². The van der Waals surface area contributed by atoms with Gasteiger partial charge in [-0.3, -0.25) is 0 Å². The summed E-state index contributed by atoms with van der Waals surface area (Å²) in [6, 6.07) is 7.95. The number of hydrogen-bond acceptors (Lipinski definition) is 4. The first kappa shape index (κ1) is 16.5. The van der Waals surface area contributed by atoms with Crippen LogP contribution in [0.2, 0.25) is 0 Å². The maximum absolute atomic E-state index is 12.7. The van der Waals surface area contributed by atoms with Crippen LogP contribution in [0.5, 0.6) is 5.75 Å². The Morgan fingerprint density at radius 1 is 1.33 bits per heavy atom. The molecule has 0 saturated heterocycles. The van der Waals surface area contributed by atoms with Gasteiger partial charge in [0.05, 0.1) is 9.83 Å². The van der Waals surface area contributed by atoms with Crippen LogP contribution in [-0.4, -0.2) is 24.9 Å².